The van der Waals surface area contributed by atoms with Crippen molar-refractivity contribution in [3.8, 4) is 0 Å². The monoisotopic (exact) mass is 201 g/mol. The Morgan fingerprint density at radius 3 is 2.60 bits per heavy atom. The summed E-state index contributed by atoms with van der Waals surface area (Å²) in [6.45, 7) is 3.47. The maximum atomic E-state index is 10.2. The number of carbonyl (C=O) groups excluding carboxylic acids is 1. The molecule has 0 amide bonds. The van der Waals surface area contributed by atoms with Crippen LogP contribution in [0.15, 0.2) is 28.2 Å². The van der Waals surface area contributed by atoms with Crippen molar-refractivity contribution < 1.29 is 4.79 Å². The van der Waals surface area contributed by atoms with Crippen LogP contribution in [0.25, 0.3) is 0 Å². The molecule has 0 heterocycles. The van der Waals surface area contributed by atoms with E-state index >= 15 is 0 Å². The van der Waals surface area contributed by atoms with E-state index in [0.29, 0.717) is 16.5 Å². The molecule has 0 aromatic heterocycles. The second kappa shape index (κ2) is 5.11. The Hall–Kier alpha value is -0.700. The van der Waals surface area contributed by atoms with Crippen molar-refractivity contribution in [1.82, 2.24) is 0 Å². The van der Waals surface area contributed by atoms with E-state index in [2.05, 4.69) is 27.5 Å². The molecule has 0 saturated heterocycles. The Labute approximate surface area is 68.5 Å². The number of nitrogens with zero attached hydrogens (tertiary/aromatic N) is 1. The van der Waals surface area contributed by atoms with E-state index in [4.69, 9.17) is 0 Å². The van der Waals surface area contributed by atoms with Crippen molar-refractivity contribution in [1.29, 1.82) is 0 Å². The smallest absolute Gasteiger partial charge is 0.169 e. The minimum atomic E-state index is 0.389. The van der Waals surface area contributed by atoms with Crippen LogP contribution >= 0.6 is 15.9 Å². The number of hydrogen-bond donors (Lipinski definition) is 0. The van der Waals surface area contributed by atoms with E-state index in [1.165, 1.54) is 0 Å². The third-order valence-electron chi connectivity index (χ3n) is 0.861. The minimum Gasteiger partial charge on any atom is -0.296 e. The lowest BCUT2D eigenvalue weighted by Gasteiger charge is -1.90. The molecule has 2 nitrogen and oxygen atoms in total. The van der Waals surface area contributed by atoms with Gasteiger partial charge in [-0.1, -0.05) is 12.7 Å². The standard InChI is InChI=1S/C7H8BrNO/c1-3-4-6(8)7(5-10)9-2/h3-5H,1H2,2H3/b6-4+,9-7-. The average molecular weight is 202 g/mol. The molecular weight excluding hydrogens is 194 g/mol. The molecule has 0 rings (SSSR count). The van der Waals surface area contributed by atoms with Crippen molar-refractivity contribution in [2.24, 2.45) is 4.99 Å². The molecular formula is C7H8BrNO. The number of aliphatic imine (C=N–C) groups is 1. The molecule has 10 heavy (non-hydrogen) atoms. The predicted molar refractivity (Wildman–Crippen MR) is 46.6 cm³/mol. The number of aldehydes is 1. The van der Waals surface area contributed by atoms with Crippen LogP contribution in [-0.4, -0.2) is 19.0 Å². The SMILES string of the molecule is C=C/C=C(Br)\C(C=O)=N/C. The summed E-state index contributed by atoms with van der Waals surface area (Å²) in [5.41, 5.74) is 0.389. The van der Waals surface area contributed by atoms with Gasteiger partial charge in [0.15, 0.2) is 6.29 Å². The van der Waals surface area contributed by atoms with Crippen LogP contribution in [0.3, 0.4) is 0 Å². The number of carbonyl (C=O) groups is 1. The highest BCUT2D eigenvalue weighted by molar-refractivity contribution is 9.12. The summed E-state index contributed by atoms with van der Waals surface area (Å²) >= 11 is 3.15. The highest BCUT2D eigenvalue weighted by Crippen LogP contribution is 2.05. The number of hydrogen-bond acceptors (Lipinski definition) is 2. The molecule has 0 spiro atoms. The van der Waals surface area contributed by atoms with Gasteiger partial charge in [-0.3, -0.25) is 9.79 Å². The van der Waals surface area contributed by atoms with Crippen LogP contribution in [0.1, 0.15) is 0 Å². The Morgan fingerprint density at radius 1 is 1.70 bits per heavy atom. The van der Waals surface area contributed by atoms with Crippen molar-refractivity contribution >= 4 is 27.9 Å². The molecule has 0 bridgehead atoms. The lowest BCUT2D eigenvalue weighted by Crippen LogP contribution is -1.98. The second-order valence-corrected chi connectivity index (χ2v) is 2.33. The minimum absolute atomic E-state index is 0.389. The first-order valence-corrected chi connectivity index (χ1v) is 3.46. The van der Waals surface area contributed by atoms with Gasteiger partial charge in [0.25, 0.3) is 0 Å². The molecule has 0 atom stereocenters. The summed E-state index contributed by atoms with van der Waals surface area (Å²) in [7, 11) is 1.56. The van der Waals surface area contributed by atoms with E-state index in [1.54, 1.807) is 19.2 Å². The van der Waals surface area contributed by atoms with Crippen LogP contribution in [0.2, 0.25) is 0 Å². The number of rotatable bonds is 3. The summed E-state index contributed by atoms with van der Waals surface area (Å²) < 4.78 is 0.653. The Balaban J connectivity index is 4.45. The largest absolute Gasteiger partial charge is 0.296 e. The fourth-order valence-electron chi connectivity index (χ4n) is 0.405. The summed E-state index contributed by atoms with van der Waals surface area (Å²) in [5, 5.41) is 0. The van der Waals surface area contributed by atoms with Crippen molar-refractivity contribution in [3.63, 3.8) is 0 Å². The highest BCUT2D eigenvalue weighted by atomic mass is 79.9. The van der Waals surface area contributed by atoms with Gasteiger partial charge in [-0.05, 0) is 22.0 Å². The summed E-state index contributed by atoms with van der Waals surface area (Å²) in [6, 6.07) is 0. The molecule has 0 aliphatic heterocycles. The first kappa shape index (κ1) is 9.30. The lowest BCUT2D eigenvalue weighted by atomic mass is 10.3. The average Bonchev–Trinajstić information content (AvgIpc) is 1.91. The maximum Gasteiger partial charge on any atom is 0.169 e. The fourth-order valence-corrected chi connectivity index (χ4v) is 0.862. The van der Waals surface area contributed by atoms with E-state index in [9.17, 15) is 4.79 Å². The van der Waals surface area contributed by atoms with Gasteiger partial charge < -0.3 is 0 Å². The molecule has 0 aromatic rings. The predicted octanol–water partition coefficient (Wildman–Crippen LogP) is 1.72. The van der Waals surface area contributed by atoms with Gasteiger partial charge in [-0.2, -0.15) is 0 Å². The zero-order chi connectivity index (χ0) is 7.98. The highest BCUT2D eigenvalue weighted by Gasteiger charge is 1.97. The van der Waals surface area contributed by atoms with E-state index in [-0.39, 0.29) is 0 Å². The van der Waals surface area contributed by atoms with Crippen molar-refractivity contribution in [2.45, 2.75) is 0 Å². The van der Waals surface area contributed by atoms with E-state index in [0.717, 1.165) is 0 Å². The molecule has 0 N–H and O–H groups in total. The van der Waals surface area contributed by atoms with Crippen LogP contribution < -0.4 is 0 Å². The van der Waals surface area contributed by atoms with Gasteiger partial charge in [-0.15, -0.1) is 0 Å². The normalized spacial score (nSPS) is 13.0. The Kier molecular flexibility index (Phi) is 4.76. The van der Waals surface area contributed by atoms with Gasteiger partial charge in [0.1, 0.15) is 5.71 Å². The third-order valence-corrected chi connectivity index (χ3v) is 1.53. The molecule has 54 valence electrons. The van der Waals surface area contributed by atoms with Crippen molar-refractivity contribution in [3.05, 3.63) is 23.2 Å². The molecule has 0 unspecified atom stereocenters. The lowest BCUT2D eigenvalue weighted by molar-refractivity contribution is -0.102. The third kappa shape index (κ3) is 2.73. The zero-order valence-electron chi connectivity index (χ0n) is 5.67. The number of halogens is 1. The van der Waals surface area contributed by atoms with Gasteiger partial charge in [0.2, 0.25) is 0 Å². The van der Waals surface area contributed by atoms with Gasteiger partial charge in [-0.25, -0.2) is 0 Å². The summed E-state index contributed by atoms with van der Waals surface area (Å²) in [6.07, 6.45) is 3.93. The summed E-state index contributed by atoms with van der Waals surface area (Å²) in [5.74, 6) is 0. The van der Waals surface area contributed by atoms with Crippen LogP contribution in [-0.2, 0) is 4.79 Å². The Morgan fingerprint density at radius 2 is 2.30 bits per heavy atom. The molecule has 0 aliphatic carbocycles. The molecule has 0 aliphatic rings. The van der Waals surface area contributed by atoms with Gasteiger partial charge in [0.05, 0.1) is 0 Å². The van der Waals surface area contributed by atoms with E-state index < -0.39 is 0 Å². The molecule has 0 fully saturated rings. The van der Waals surface area contributed by atoms with Crippen molar-refractivity contribution in [2.75, 3.05) is 7.05 Å². The first-order valence-electron chi connectivity index (χ1n) is 2.66. The molecule has 0 radical (unpaired) electrons. The van der Waals surface area contributed by atoms with Crippen LogP contribution in [0.5, 0.6) is 0 Å². The van der Waals surface area contributed by atoms with Gasteiger partial charge in [0, 0.05) is 11.5 Å². The van der Waals surface area contributed by atoms with Crippen LogP contribution in [0.4, 0.5) is 0 Å². The summed E-state index contributed by atoms with van der Waals surface area (Å²) in [4.78, 5) is 13.9. The molecule has 0 saturated carbocycles. The van der Waals surface area contributed by atoms with E-state index in [1.807, 2.05) is 0 Å². The fraction of sp³-hybridized carbons (Fsp3) is 0.143. The van der Waals surface area contributed by atoms with Gasteiger partial charge >= 0.3 is 0 Å². The molecule has 3 heteroatoms. The van der Waals surface area contributed by atoms with Crippen LogP contribution in [0, 0.1) is 0 Å². The quantitative estimate of drug-likeness (QED) is 0.389. The number of allylic oxidation sites excluding steroid dienone is 3. The Bertz CT molecular complexity index is 194. The topological polar surface area (TPSA) is 29.4 Å². The second-order valence-electron chi connectivity index (χ2n) is 1.48. The first-order chi connectivity index (χ1) is 4.76. The molecule has 0 aromatic carbocycles. The zero-order valence-corrected chi connectivity index (χ0v) is 7.26. The maximum absolute atomic E-state index is 10.2.